The van der Waals surface area contributed by atoms with Crippen LogP contribution in [-0.2, 0) is 0 Å². The maximum atomic E-state index is 12.7. The Kier molecular flexibility index (Phi) is 7.72. The number of halogens is 1. The lowest BCUT2D eigenvalue weighted by atomic mass is 10.1. The highest BCUT2D eigenvalue weighted by Gasteiger charge is 2.23. The van der Waals surface area contributed by atoms with E-state index >= 15 is 0 Å². The number of imidazole rings is 1. The molecule has 170 valence electrons. The smallest absolute Gasteiger partial charge is 0.272 e. The van der Waals surface area contributed by atoms with E-state index in [-0.39, 0.29) is 24.9 Å². The number of aryl methyl sites for hydroxylation is 1. The Balaban J connectivity index is 1.81. The van der Waals surface area contributed by atoms with Crippen LogP contribution in [0, 0.1) is 6.92 Å². The first kappa shape index (κ1) is 23.6. The number of aliphatic hydroxyl groups excluding tert-OH is 3. The molecule has 6 N–H and O–H groups in total. The van der Waals surface area contributed by atoms with Crippen LogP contribution in [0.2, 0.25) is 5.02 Å². The van der Waals surface area contributed by atoms with Crippen LogP contribution in [0.15, 0.2) is 43.0 Å². The molecule has 32 heavy (non-hydrogen) atoms. The monoisotopic (exact) mass is 462 g/mol. The Morgan fingerprint density at radius 1 is 1.22 bits per heavy atom. The summed E-state index contributed by atoms with van der Waals surface area (Å²) in [5, 5.41) is 43.6. The molecule has 0 aliphatic heterocycles. The summed E-state index contributed by atoms with van der Waals surface area (Å²) in [5.41, 5.74) is 1.13. The largest absolute Gasteiger partial charge is 0.394 e. The fraction of sp³-hybridized carbons (Fsp3) is 0.300. The molecule has 0 unspecified atom stereocenters. The molecule has 12 heteroatoms. The number of nitrogens with zero attached hydrogens (tertiary/aromatic N) is 4. The molecule has 2 aromatic heterocycles. The molecule has 0 aliphatic carbocycles. The normalized spacial score (nSPS) is 12.2. The SMILES string of the molecule is Cc1cnc(NC(CO)CO)nc1-n1cnc(C(=O)N[C@@H](c2cccc(Cl)c2)C(O)O)c1. The van der Waals surface area contributed by atoms with Gasteiger partial charge >= 0.3 is 0 Å². The van der Waals surface area contributed by atoms with Crippen LogP contribution in [0.4, 0.5) is 5.95 Å². The lowest BCUT2D eigenvalue weighted by molar-refractivity contribution is -0.0661. The molecule has 2 heterocycles. The maximum Gasteiger partial charge on any atom is 0.272 e. The van der Waals surface area contributed by atoms with E-state index < -0.39 is 24.3 Å². The fourth-order valence-electron chi connectivity index (χ4n) is 2.90. The number of rotatable bonds is 9. The van der Waals surface area contributed by atoms with Gasteiger partial charge in [-0.1, -0.05) is 23.7 Å². The zero-order chi connectivity index (χ0) is 23.3. The number of benzene rings is 1. The second-order valence-corrected chi connectivity index (χ2v) is 7.43. The van der Waals surface area contributed by atoms with E-state index in [1.807, 2.05) is 0 Å². The predicted octanol–water partition coefficient (Wildman–Crippen LogP) is 0.171. The lowest BCUT2D eigenvalue weighted by Gasteiger charge is -2.20. The standard InChI is InChI=1S/C20H23ClN6O5/c1-11-6-22-20(24-14(8-28)9-29)26-17(11)27-7-15(23-10-27)18(30)25-16(19(31)32)12-3-2-4-13(21)5-12/h2-7,10,14,16,19,28-29,31-32H,8-9H2,1H3,(H,25,30)(H,22,24,26)/t16-/m0/s1. The highest BCUT2D eigenvalue weighted by atomic mass is 35.5. The fourth-order valence-corrected chi connectivity index (χ4v) is 3.10. The summed E-state index contributed by atoms with van der Waals surface area (Å²) in [4.78, 5) is 25.2. The highest BCUT2D eigenvalue weighted by molar-refractivity contribution is 6.30. The van der Waals surface area contributed by atoms with Gasteiger partial charge < -0.3 is 31.1 Å². The van der Waals surface area contributed by atoms with Crippen LogP contribution in [0.1, 0.15) is 27.7 Å². The lowest BCUT2D eigenvalue weighted by Crippen LogP contribution is -2.36. The minimum atomic E-state index is -1.86. The van der Waals surface area contributed by atoms with Gasteiger partial charge in [0.25, 0.3) is 5.91 Å². The van der Waals surface area contributed by atoms with Crippen molar-refractivity contribution >= 4 is 23.5 Å². The summed E-state index contributed by atoms with van der Waals surface area (Å²) in [6.45, 7) is 1.16. The quantitative estimate of drug-likeness (QED) is 0.243. The first-order valence-electron chi connectivity index (χ1n) is 9.61. The van der Waals surface area contributed by atoms with Crippen LogP contribution in [0.5, 0.6) is 0 Å². The number of nitrogens with one attached hydrogen (secondary N) is 2. The third kappa shape index (κ3) is 5.58. The van der Waals surface area contributed by atoms with E-state index in [2.05, 4.69) is 25.6 Å². The molecule has 11 nitrogen and oxygen atoms in total. The summed E-state index contributed by atoms with van der Waals surface area (Å²) in [6.07, 6.45) is 2.51. The van der Waals surface area contributed by atoms with E-state index in [0.717, 1.165) is 0 Å². The first-order chi connectivity index (χ1) is 15.3. The second-order valence-electron chi connectivity index (χ2n) is 6.99. The van der Waals surface area contributed by atoms with Gasteiger partial charge in [0, 0.05) is 23.0 Å². The molecule has 1 aromatic carbocycles. The van der Waals surface area contributed by atoms with Gasteiger partial charge in [-0.15, -0.1) is 0 Å². The van der Waals surface area contributed by atoms with Crippen molar-refractivity contribution in [2.75, 3.05) is 18.5 Å². The molecule has 0 spiro atoms. The van der Waals surface area contributed by atoms with Gasteiger partial charge in [-0.25, -0.2) is 9.97 Å². The van der Waals surface area contributed by atoms with Gasteiger partial charge in [0.15, 0.2) is 6.29 Å². The van der Waals surface area contributed by atoms with Crippen LogP contribution in [0.3, 0.4) is 0 Å². The number of anilines is 1. The number of hydrogen-bond acceptors (Lipinski definition) is 9. The summed E-state index contributed by atoms with van der Waals surface area (Å²) in [5.74, 6) is -0.0207. The highest BCUT2D eigenvalue weighted by Crippen LogP contribution is 2.21. The molecule has 0 saturated carbocycles. The number of aromatic nitrogens is 4. The summed E-state index contributed by atoms with van der Waals surface area (Å²) in [7, 11) is 0. The molecule has 3 rings (SSSR count). The Hall–Kier alpha value is -3.09. The average Bonchev–Trinajstić information content (AvgIpc) is 3.26. The molecule has 1 amide bonds. The van der Waals surface area contributed by atoms with Crippen molar-refractivity contribution in [2.24, 2.45) is 0 Å². The molecular formula is C20H23ClN6O5. The van der Waals surface area contributed by atoms with E-state index in [1.54, 1.807) is 31.3 Å². The molecule has 0 fully saturated rings. The summed E-state index contributed by atoms with van der Waals surface area (Å²) < 4.78 is 1.51. The van der Waals surface area contributed by atoms with Crippen molar-refractivity contribution < 1.29 is 25.2 Å². The molecule has 1 atom stereocenters. The van der Waals surface area contributed by atoms with Crippen molar-refractivity contribution in [1.82, 2.24) is 24.8 Å². The minimum absolute atomic E-state index is 0.0220. The Bertz CT molecular complexity index is 1070. The van der Waals surface area contributed by atoms with Gasteiger partial charge in [-0.05, 0) is 24.6 Å². The van der Waals surface area contributed by atoms with Crippen LogP contribution in [-0.4, -0.2) is 71.4 Å². The number of aliphatic hydroxyl groups is 4. The van der Waals surface area contributed by atoms with E-state index in [1.165, 1.54) is 23.2 Å². The third-order valence-electron chi connectivity index (χ3n) is 4.57. The zero-order valence-electron chi connectivity index (χ0n) is 17.1. The van der Waals surface area contributed by atoms with Gasteiger partial charge in [-0.2, -0.15) is 4.98 Å². The number of amides is 1. The van der Waals surface area contributed by atoms with Crippen LogP contribution >= 0.6 is 11.6 Å². The predicted molar refractivity (Wildman–Crippen MR) is 115 cm³/mol. The van der Waals surface area contributed by atoms with Crippen molar-refractivity contribution in [2.45, 2.75) is 25.3 Å². The number of hydrogen-bond donors (Lipinski definition) is 6. The Labute approximate surface area is 188 Å². The van der Waals surface area contributed by atoms with Gasteiger partial charge in [0.2, 0.25) is 5.95 Å². The van der Waals surface area contributed by atoms with Gasteiger partial charge in [-0.3, -0.25) is 9.36 Å². The second kappa shape index (κ2) is 10.5. The van der Waals surface area contributed by atoms with Crippen molar-refractivity contribution in [3.63, 3.8) is 0 Å². The maximum absolute atomic E-state index is 12.7. The van der Waals surface area contributed by atoms with E-state index in [4.69, 9.17) is 11.6 Å². The Morgan fingerprint density at radius 3 is 2.62 bits per heavy atom. The summed E-state index contributed by atoms with van der Waals surface area (Å²) in [6, 6.07) is 4.66. The topological polar surface area (TPSA) is 166 Å². The van der Waals surface area contributed by atoms with Crippen LogP contribution < -0.4 is 10.6 Å². The van der Waals surface area contributed by atoms with E-state index in [9.17, 15) is 25.2 Å². The third-order valence-corrected chi connectivity index (χ3v) is 4.81. The van der Waals surface area contributed by atoms with Crippen LogP contribution in [0.25, 0.3) is 5.82 Å². The molecule has 0 saturated heterocycles. The molecule has 0 aliphatic rings. The first-order valence-corrected chi connectivity index (χ1v) is 9.99. The number of carbonyl (C=O) groups is 1. The molecule has 3 aromatic rings. The number of carbonyl (C=O) groups excluding carboxylic acids is 1. The van der Waals surface area contributed by atoms with Crippen molar-refractivity contribution in [3.05, 3.63) is 64.8 Å². The van der Waals surface area contributed by atoms with Crippen molar-refractivity contribution in [3.8, 4) is 5.82 Å². The summed E-state index contributed by atoms with van der Waals surface area (Å²) >= 11 is 5.96. The van der Waals surface area contributed by atoms with Crippen molar-refractivity contribution in [1.29, 1.82) is 0 Å². The molecular weight excluding hydrogens is 440 g/mol. The Morgan fingerprint density at radius 2 is 1.97 bits per heavy atom. The minimum Gasteiger partial charge on any atom is -0.394 e. The zero-order valence-corrected chi connectivity index (χ0v) is 17.8. The van der Waals surface area contributed by atoms with Gasteiger partial charge in [0.05, 0.1) is 19.3 Å². The molecule has 0 radical (unpaired) electrons. The van der Waals surface area contributed by atoms with E-state index in [0.29, 0.717) is 22.0 Å². The average molecular weight is 463 g/mol. The molecule has 0 bridgehead atoms. The van der Waals surface area contributed by atoms with Gasteiger partial charge in [0.1, 0.15) is 23.9 Å².